The van der Waals surface area contributed by atoms with E-state index in [0.717, 1.165) is 10.5 Å². The quantitative estimate of drug-likeness (QED) is 0.437. The number of methoxy groups -OCH3 is 1. The van der Waals surface area contributed by atoms with Crippen molar-refractivity contribution in [1.82, 2.24) is 0 Å². The van der Waals surface area contributed by atoms with Crippen LogP contribution in [0.3, 0.4) is 0 Å². The van der Waals surface area contributed by atoms with Crippen molar-refractivity contribution in [2.24, 2.45) is 0 Å². The minimum absolute atomic E-state index is 0.171. The summed E-state index contributed by atoms with van der Waals surface area (Å²) in [6, 6.07) is 18.4. The van der Waals surface area contributed by atoms with Gasteiger partial charge >= 0.3 is 0 Å². The molecule has 1 amide bonds. The molecule has 31 heavy (non-hydrogen) atoms. The van der Waals surface area contributed by atoms with Crippen LogP contribution in [0.4, 0.5) is 11.4 Å². The third-order valence-electron chi connectivity index (χ3n) is 4.24. The Kier molecular flexibility index (Phi) is 7.48. The van der Waals surface area contributed by atoms with Crippen LogP contribution in [0.2, 0.25) is 5.02 Å². The Morgan fingerprint density at radius 1 is 1.03 bits per heavy atom. The van der Waals surface area contributed by atoms with E-state index >= 15 is 0 Å². The molecular weight excluding hydrogens is 456 g/mol. The second-order valence-corrected chi connectivity index (χ2v) is 9.79. The second kappa shape index (κ2) is 10.1. The molecule has 6 nitrogen and oxygen atoms in total. The van der Waals surface area contributed by atoms with E-state index in [0.29, 0.717) is 22.1 Å². The average Bonchev–Trinajstić information content (AvgIpc) is 2.73. The summed E-state index contributed by atoms with van der Waals surface area (Å²) in [7, 11) is -2.14. The fraction of sp³-hybridized carbons (Fsp3) is 0.136. The molecule has 2 N–H and O–H groups in total. The maximum absolute atomic E-state index is 12.5. The van der Waals surface area contributed by atoms with E-state index in [1.54, 1.807) is 66.7 Å². The largest absolute Gasteiger partial charge is 0.495 e. The molecule has 0 aliphatic heterocycles. The summed E-state index contributed by atoms with van der Waals surface area (Å²) < 4.78 is 32.7. The van der Waals surface area contributed by atoms with Crippen molar-refractivity contribution in [3.8, 4) is 5.75 Å². The molecule has 0 heterocycles. The summed E-state index contributed by atoms with van der Waals surface area (Å²) in [4.78, 5) is 13.3. The van der Waals surface area contributed by atoms with Gasteiger partial charge in [0, 0.05) is 15.6 Å². The highest BCUT2D eigenvalue weighted by molar-refractivity contribution is 8.00. The van der Waals surface area contributed by atoms with Crippen LogP contribution >= 0.6 is 23.4 Å². The fourth-order valence-corrected chi connectivity index (χ4v) is 4.59. The zero-order valence-corrected chi connectivity index (χ0v) is 19.3. The standard InChI is InChI=1S/C22H21ClN2O4S2/c1-15-3-10-19(11-4-15)31(27,28)25-17-6-8-18(9-7-17)30-14-22(26)24-20-13-16(23)5-12-21(20)29-2/h3-13,25H,14H2,1-2H3,(H,24,26). The molecule has 0 bridgehead atoms. The van der Waals surface area contributed by atoms with E-state index in [-0.39, 0.29) is 16.6 Å². The van der Waals surface area contributed by atoms with Crippen LogP contribution in [0.25, 0.3) is 0 Å². The zero-order valence-electron chi connectivity index (χ0n) is 16.9. The van der Waals surface area contributed by atoms with Gasteiger partial charge in [0.05, 0.1) is 23.4 Å². The third-order valence-corrected chi connectivity index (χ3v) is 6.89. The number of aryl methyl sites for hydroxylation is 1. The lowest BCUT2D eigenvalue weighted by Gasteiger charge is -2.11. The highest BCUT2D eigenvalue weighted by atomic mass is 35.5. The Morgan fingerprint density at radius 2 is 1.71 bits per heavy atom. The highest BCUT2D eigenvalue weighted by Crippen LogP contribution is 2.28. The smallest absolute Gasteiger partial charge is 0.261 e. The van der Waals surface area contributed by atoms with Crippen LogP contribution in [0.15, 0.2) is 76.5 Å². The molecule has 0 aliphatic carbocycles. The monoisotopic (exact) mass is 476 g/mol. The number of hydrogen-bond acceptors (Lipinski definition) is 5. The first-order valence-corrected chi connectivity index (χ1v) is 12.1. The number of rotatable bonds is 8. The minimum atomic E-state index is -3.66. The number of nitrogens with one attached hydrogen (secondary N) is 2. The number of anilines is 2. The van der Waals surface area contributed by atoms with E-state index in [4.69, 9.17) is 16.3 Å². The average molecular weight is 477 g/mol. The maximum atomic E-state index is 12.5. The third kappa shape index (κ3) is 6.40. The Hall–Kier alpha value is -2.68. The first-order chi connectivity index (χ1) is 14.8. The van der Waals surface area contributed by atoms with Crippen LogP contribution in [0.5, 0.6) is 5.75 Å². The molecule has 0 atom stereocenters. The van der Waals surface area contributed by atoms with Crippen molar-refractivity contribution in [3.63, 3.8) is 0 Å². The Bertz CT molecular complexity index is 1170. The molecule has 0 aliphatic rings. The molecule has 162 valence electrons. The first kappa shape index (κ1) is 23.0. The maximum Gasteiger partial charge on any atom is 0.261 e. The molecule has 0 spiro atoms. The lowest BCUT2D eigenvalue weighted by molar-refractivity contribution is -0.113. The number of ether oxygens (including phenoxy) is 1. The summed E-state index contributed by atoms with van der Waals surface area (Å²) in [5.41, 5.74) is 1.93. The first-order valence-electron chi connectivity index (χ1n) is 9.22. The fourth-order valence-electron chi connectivity index (χ4n) is 2.66. The van der Waals surface area contributed by atoms with Gasteiger partial charge in [-0.2, -0.15) is 0 Å². The molecular formula is C22H21ClN2O4S2. The molecule has 0 saturated heterocycles. The molecule has 3 rings (SSSR count). The second-order valence-electron chi connectivity index (χ2n) is 6.62. The molecule has 0 unspecified atom stereocenters. The van der Waals surface area contributed by atoms with Crippen LogP contribution in [0.1, 0.15) is 5.56 Å². The summed E-state index contributed by atoms with van der Waals surface area (Å²) in [5, 5.41) is 3.27. The van der Waals surface area contributed by atoms with Crippen molar-refractivity contribution in [3.05, 3.63) is 77.3 Å². The van der Waals surface area contributed by atoms with Gasteiger partial charge in [0.2, 0.25) is 5.91 Å². The van der Waals surface area contributed by atoms with Gasteiger partial charge in [-0.3, -0.25) is 9.52 Å². The van der Waals surface area contributed by atoms with Gasteiger partial charge < -0.3 is 10.1 Å². The number of sulfonamides is 1. The van der Waals surface area contributed by atoms with Gasteiger partial charge in [0.25, 0.3) is 10.0 Å². The number of carbonyl (C=O) groups excluding carboxylic acids is 1. The van der Waals surface area contributed by atoms with Gasteiger partial charge in [-0.15, -0.1) is 11.8 Å². The van der Waals surface area contributed by atoms with E-state index in [2.05, 4.69) is 10.0 Å². The van der Waals surface area contributed by atoms with Gasteiger partial charge in [-0.1, -0.05) is 29.3 Å². The van der Waals surface area contributed by atoms with Crippen LogP contribution in [0, 0.1) is 6.92 Å². The molecule has 0 radical (unpaired) electrons. The SMILES string of the molecule is COc1ccc(Cl)cc1NC(=O)CSc1ccc(NS(=O)(=O)c2ccc(C)cc2)cc1. The Balaban J connectivity index is 1.58. The van der Waals surface area contributed by atoms with E-state index < -0.39 is 10.0 Å². The van der Waals surface area contributed by atoms with Crippen LogP contribution < -0.4 is 14.8 Å². The van der Waals surface area contributed by atoms with Crippen LogP contribution in [-0.4, -0.2) is 27.2 Å². The Morgan fingerprint density at radius 3 is 2.35 bits per heavy atom. The Labute approximate surface area is 191 Å². The number of thioether (sulfide) groups is 1. The summed E-state index contributed by atoms with van der Waals surface area (Å²) in [5.74, 6) is 0.479. The number of halogens is 1. The number of benzene rings is 3. The number of hydrogen-bond donors (Lipinski definition) is 2. The summed E-state index contributed by atoms with van der Waals surface area (Å²) in [6.07, 6.45) is 0. The predicted molar refractivity (Wildman–Crippen MR) is 126 cm³/mol. The summed E-state index contributed by atoms with van der Waals surface area (Å²) in [6.45, 7) is 1.89. The molecule has 0 aromatic heterocycles. The van der Waals surface area contributed by atoms with E-state index in [9.17, 15) is 13.2 Å². The summed E-state index contributed by atoms with van der Waals surface area (Å²) >= 11 is 7.30. The number of amides is 1. The molecule has 3 aromatic carbocycles. The van der Waals surface area contributed by atoms with Gasteiger partial charge in [0.1, 0.15) is 5.75 Å². The van der Waals surface area contributed by atoms with Crippen molar-refractivity contribution in [2.75, 3.05) is 22.9 Å². The lowest BCUT2D eigenvalue weighted by atomic mass is 10.2. The topological polar surface area (TPSA) is 84.5 Å². The van der Waals surface area contributed by atoms with E-state index in [1.807, 2.05) is 6.92 Å². The minimum Gasteiger partial charge on any atom is -0.495 e. The van der Waals surface area contributed by atoms with Crippen molar-refractivity contribution < 1.29 is 17.9 Å². The van der Waals surface area contributed by atoms with Crippen LogP contribution in [-0.2, 0) is 14.8 Å². The predicted octanol–water partition coefficient (Wildman–Crippen LogP) is 5.19. The van der Waals surface area contributed by atoms with Gasteiger partial charge in [-0.05, 0) is 61.5 Å². The van der Waals surface area contributed by atoms with Crippen molar-refractivity contribution in [2.45, 2.75) is 16.7 Å². The van der Waals surface area contributed by atoms with E-state index in [1.165, 1.54) is 18.9 Å². The highest BCUT2D eigenvalue weighted by Gasteiger charge is 2.14. The molecule has 9 heteroatoms. The number of carbonyl (C=O) groups is 1. The van der Waals surface area contributed by atoms with Gasteiger partial charge in [0.15, 0.2) is 0 Å². The molecule has 3 aromatic rings. The van der Waals surface area contributed by atoms with Gasteiger partial charge in [-0.25, -0.2) is 8.42 Å². The molecule has 0 fully saturated rings. The van der Waals surface area contributed by atoms with Crippen molar-refractivity contribution >= 4 is 50.7 Å². The van der Waals surface area contributed by atoms with Crippen molar-refractivity contribution in [1.29, 1.82) is 0 Å². The normalized spacial score (nSPS) is 11.1. The molecule has 0 saturated carbocycles. The lowest BCUT2D eigenvalue weighted by Crippen LogP contribution is -2.14. The zero-order chi connectivity index (χ0) is 22.4.